The van der Waals surface area contributed by atoms with Crippen molar-refractivity contribution < 1.29 is 8.42 Å². The summed E-state index contributed by atoms with van der Waals surface area (Å²) in [5, 5.41) is -0.123. The van der Waals surface area contributed by atoms with E-state index in [1.54, 1.807) is 0 Å². The highest BCUT2D eigenvalue weighted by molar-refractivity contribution is 8.14. The number of halogens is 4. The maximum absolute atomic E-state index is 10.8. The van der Waals surface area contributed by atoms with E-state index in [-0.39, 0.29) is 18.6 Å². The van der Waals surface area contributed by atoms with E-state index in [4.69, 9.17) is 45.5 Å². The van der Waals surface area contributed by atoms with Crippen molar-refractivity contribution in [2.24, 2.45) is 0 Å². The summed E-state index contributed by atoms with van der Waals surface area (Å²) in [5.74, 6) is 0. The molecule has 0 aliphatic carbocycles. The van der Waals surface area contributed by atoms with Crippen LogP contribution in [0.1, 0.15) is 0 Å². The Hall–Kier alpha value is 0.810. The molecule has 0 amide bonds. The molecule has 1 heterocycles. The molecule has 0 aliphatic rings. The SMILES string of the molecule is O=S(=O)(Cl)c1c(Cl)sc(Cl)c1Cl. The van der Waals surface area contributed by atoms with E-state index in [2.05, 4.69) is 0 Å². The zero-order valence-corrected chi connectivity index (χ0v) is 9.80. The largest absolute Gasteiger partial charge is 0.265 e. The normalized spacial score (nSPS) is 12.0. The van der Waals surface area contributed by atoms with Crippen molar-refractivity contribution in [3.05, 3.63) is 13.7 Å². The third kappa shape index (κ3) is 2.00. The van der Waals surface area contributed by atoms with E-state index in [0.29, 0.717) is 0 Å². The van der Waals surface area contributed by atoms with Crippen LogP contribution in [0.25, 0.3) is 0 Å². The number of thiophene rings is 1. The molecule has 0 N–H and O–H groups in total. The van der Waals surface area contributed by atoms with Crippen molar-refractivity contribution in [1.82, 2.24) is 0 Å². The van der Waals surface area contributed by atoms with E-state index in [1.165, 1.54) is 0 Å². The molecule has 0 aromatic carbocycles. The molecule has 0 saturated carbocycles. The fraction of sp³-hybridized carbons (Fsp3) is 0. The lowest BCUT2D eigenvalue weighted by Gasteiger charge is -1.91. The first-order valence-electron chi connectivity index (χ1n) is 2.42. The van der Waals surface area contributed by atoms with Gasteiger partial charge in [0.25, 0.3) is 9.05 Å². The lowest BCUT2D eigenvalue weighted by molar-refractivity contribution is 0.610. The molecule has 0 saturated heterocycles. The van der Waals surface area contributed by atoms with Crippen LogP contribution >= 0.6 is 56.8 Å². The van der Waals surface area contributed by atoms with Crippen LogP contribution in [0.5, 0.6) is 0 Å². The van der Waals surface area contributed by atoms with Crippen LogP contribution < -0.4 is 0 Å². The summed E-state index contributed by atoms with van der Waals surface area (Å²) in [6, 6.07) is 0. The lowest BCUT2D eigenvalue weighted by atomic mass is 10.6. The van der Waals surface area contributed by atoms with Crippen LogP contribution in [0, 0.1) is 0 Å². The maximum atomic E-state index is 10.8. The van der Waals surface area contributed by atoms with E-state index >= 15 is 0 Å². The second-order valence-corrected chi connectivity index (χ2v) is 6.84. The average Bonchev–Trinajstić information content (AvgIpc) is 2.05. The van der Waals surface area contributed by atoms with Gasteiger partial charge in [0, 0.05) is 10.7 Å². The highest BCUT2D eigenvalue weighted by Crippen LogP contribution is 2.43. The zero-order valence-electron chi connectivity index (χ0n) is 5.14. The molecule has 0 bridgehead atoms. The monoisotopic (exact) mass is 284 g/mol. The van der Waals surface area contributed by atoms with Crippen molar-refractivity contribution in [2.75, 3.05) is 0 Å². The summed E-state index contributed by atoms with van der Waals surface area (Å²) in [4.78, 5) is -0.317. The second kappa shape index (κ2) is 3.52. The summed E-state index contributed by atoms with van der Waals surface area (Å²) < 4.78 is 21.7. The molecule has 0 unspecified atom stereocenters. The van der Waals surface area contributed by atoms with Crippen LogP contribution in [0.3, 0.4) is 0 Å². The standard InChI is InChI=1S/C4Cl4O2S2/c5-1-2(12(8,9)10)4(7)11-3(1)6. The molecule has 0 radical (unpaired) electrons. The van der Waals surface area contributed by atoms with Gasteiger partial charge >= 0.3 is 0 Å². The van der Waals surface area contributed by atoms with E-state index < -0.39 is 9.05 Å². The average molecular weight is 286 g/mol. The Labute approximate surface area is 92.4 Å². The maximum Gasteiger partial charge on any atom is 0.265 e. The van der Waals surface area contributed by atoms with Crippen molar-refractivity contribution in [2.45, 2.75) is 4.90 Å². The highest BCUT2D eigenvalue weighted by Gasteiger charge is 2.24. The molecule has 0 fully saturated rings. The second-order valence-electron chi connectivity index (χ2n) is 1.73. The van der Waals surface area contributed by atoms with E-state index in [9.17, 15) is 8.42 Å². The predicted octanol–water partition coefficient (Wildman–Crippen LogP) is 3.64. The van der Waals surface area contributed by atoms with Gasteiger partial charge in [0.2, 0.25) is 0 Å². The van der Waals surface area contributed by atoms with Crippen LogP contribution in [-0.4, -0.2) is 8.42 Å². The Morgan fingerprint density at radius 1 is 1.08 bits per heavy atom. The van der Waals surface area contributed by atoms with Crippen LogP contribution in [-0.2, 0) is 9.05 Å². The van der Waals surface area contributed by atoms with Crippen LogP contribution in [0.15, 0.2) is 4.90 Å². The summed E-state index contributed by atoms with van der Waals surface area (Å²) in [6.07, 6.45) is 0. The van der Waals surface area contributed by atoms with Gasteiger partial charge in [-0.05, 0) is 0 Å². The van der Waals surface area contributed by atoms with Crippen molar-refractivity contribution in [3.8, 4) is 0 Å². The molecule has 1 aromatic heterocycles. The first-order valence-corrected chi connectivity index (χ1v) is 6.68. The van der Waals surface area contributed by atoms with Gasteiger partial charge in [-0.3, -0.25) is 0 Å². The lowest BCUT2D eigenvalue weighted by Crippen LogP contribution is -1.88. The molecule has 12 heavy (non-hydrogen) atoms. The fourth-order valence-electron chi connectivity index (χ4n) is 0.548. The minimum Gasteiger partial charge on any atom is -0.207 e. The van der Waals surface area contributed by atoms with E-state index in [0.717, 1.165) is 11.3 Å². The Morgan fingerprint density at radius 2 is 1.58 bits per heavy atom. The molecule has 2 nitrogen and oxygen atoms in total. The smallest absolute Gasteiger partial charge is 0.207 e. The molecular weight excluding hydrogens is 286 g/mol. The highest BCUT2D eigenvalue weighted by atomic mass is 35.7. The van der Waals surface area contributed by atoms with E-state index in [1.807, 2.05) is 0 Å². The molecule has 0 aliphatic heterocycles. The summed E-state index contributed by atoms with van der Waals surface area (Å²) in [6.45, 7) is 0. The molecular formula is C4Cl4O2S2. The number of rotatable bonds is 1. The van der Waals surface area contributed by atoms with Crippen LogP contribution in [0.2, 0.25) is 13.7 Å². The van der Waals surface area contributed by atoms with Gasteiger partial charge in [-0.25, -0.2) is 8.42 Å². The van der Waals surface area contributed by atoms with Crippen LogP contribution in [0.4, 0.5) is 0 Å². The Balaban J connectivity index is 3.54. The summed E-state index contributed by atoms with van der Waals surface area (Å²) in [5.41, 5.74) is 0. The Bertz CT molecular complexity index is 407. The molecule has 0 spiro atoms. The topological polar surface area (TPSA) is 34.1 Å². The Kier molecular flexibility index (Phi) is 3.19. The van der Waals surface area contributed by atoms with Crippen molar-refractivity contribution >= 4 is 65.9 Å². The van der Waals surface area contributed by atoms with Gasteiger partial charge in [0.1, 0.15) is 13.6 Å². The van der Waals surface area contributed by atoms with Gasteiger partial charge in [-0.1, -0.05) is 34.8 Å². The third-order valence-corrected chi connectivity index (χ3v) is 4.88. The predicted molar refractivity (Wildman–Crippen MR) is 52.4 cm³/mol. The fourth-order valence-corrected chi connectivity index (χ4v) is 4.71. The third-order valence-electron chi connectivity index (χ3n) is 0.973. The first-order chi connectivity index (χ1) is 5.34. The number of hydrogen-bond donors (Lipinski definition) is 0. The van der Waals surface area contributed by atoms with Gasteiger partial charge in [0.15, 0.2) is 0 Å². The molecule has 68 valence electrons. The quantitative estimate of drug-likeness (QED) is 0.739. The van der Waals surface area contributed by atoms with Gasteiger partial charge in [-0.2, -0.15) is 0 Å². The molecule has 0 atom stereocenters. The Morgan fingerprint density at radius 3 is 1.75 bits per heavy atom. The summed E-state index contributed by atoms with van der Waals surface area (Å²) >= 11 is 17.4. The minimum atomic E-state index is -3.91. The minimum absolute atomic E-state index is 0.0278. The number of hydrogen-bond acceptors (Lipinski definition) is 3. The van der Waals surface area contributed by atoms with Gasteiger partial charge in [0.05, 0.1) is 5.02 Å². The zero-order chi connectivity index (χ0) is 9.52. The van der Waals surface area contributed by atoms with Crippen molar-refractivity contribution in [1.29, 1.82) is 0 Å². The summed E-state index contributed by atoms with van der Waals surface area (Å²) in [7, 11) is 1.12. The van der Waals surface area contributed by atoms with Crippen molar-refractivity contribution in [3.63, 3.8) is 0 Å². The molecule has 8 heteroatoms. The molecule has 1 rings (SSSR count). The first kappa shape index (κ1) is 10.9. The van der Waals surface area contributed by atoms with Gasteiger partial charge < -0.3 is 0 Å². The molecule has 1 aromatic rings. The van der Waals surface area contributed by atoms with Gasteiger partial charge in [-0.15, -0.1) is 11.3 Å².